The van der Waals surface area contributed by atoms with E-state index in [1.807, 2.05) is 12.1 Å². The summed E-state index contributed by atoms with van der Waals surface area (Å²) in [5, 5.41) is 21.1. The van der Waals surface area contributed by atoms with E-state index in [0.29, 0.717) is 11.5 Å². The van der Waals surface area contributed by atoms with E-state index in [2.05, 4.69) is 12.2 Å². The van der Waals surface area contributed by atoms with Gasteiger partial charge in [-0.3, -0.25) is 0 Å². The van der Waals surface area contributed by atoms with Gasteiger partial charge >= 0.3 is 5.97 Å². The number of rotatable bonds is 9. The molecule has 0 heterocycles. The van der Waals surface area contributed by atoms with Crippen LogP contribution in [0.2, 0.25) is 0 Å². The van der Waals surface area contributed by atoms with Crippen molar-refractivity contribution >= 4 is 5.97 Å². The van der Waals surface area contributed by atoms with Gasteiger partial charge in [-0.15, -0.1) is 0 Å². The lowest BCUT2D eigenvalue weighted by Crippen LogP contribution is -2.23. The van der Waals surface area contributed by atoms with Gasteiger partial charge in [-0.2, -0.15) is 0 Å². The van der Waals surface area contributed by atoms with E-state index in [1.54, 1.807) is 12.1 Å². The lowest BCUT2D eigenvalue weighted by atomic mass is 10.00. The third-order valence-corrected chi connectivity index (χ3v) is 3.20. The molecule has 1 rings (SSSR count). The molecule has 0 aliphatic heterocycles. The SMILES string of the molecule is CCCC(CCO)CNCc1ccc(C(=O)O)cc1. The van der Waals surface area contributed by atoms with Gasteiger partial charge in [-0.25, -0.2) is 4.79 Å². The van der Waals surface area contributed by atoms with Gasteiger partial charge in [0.1, 0.15) is 0 Å². The van der Waals surface area contributed by atoms with E-state index in [0.717, 1.165) is 37.9 Å². The number of aliphatic hydroxyl groups excluding tert-OH is 1. The Hall–Kier alpha value is -1.39. The first-order valence-corrected chi connectivity index (χ1v) is 6.81. The highest BCUT2D eigenvalue weighted by Crippen LogP contribution is 2.10. The molecular weight excluding hydrogens is 242 g/mol. The fourth-order valence-corrected chi connectivity index (χ4v) is 2.13. The molecule has 1 unspecified atom stereocenters. The van der Waals surface area contributed by atoms with Crippen molar-refractivity contribution in [1.82, 2.24) is 5.32 Å². The summed E-state index contributed by atoms with van der Waals surface area (Å²) in [7, 11) is 0. The zero-order valence-electron chi connectivity index (χ0n) is 11.4. The van der Waals surface area contributed by atoms with E-state index in [-0.39, 0.29) is 6.61 Å². The van der Waals surface area contributed by atoms with E-state index in [4.69, 9.17) is 10.2 Å². The number of carbonyl (C=O) groups is 1. The summed E-state index contributed by atoms with van der Waals surface area (Å²) in [6, 6.07) is 6.90. The number of nitrogens with one attached hydrogen (secondary N) is 1. The zero-order valence-corrected chi connectivity index (χ0v) is 11.4. The van der Waals surface area contributed by atoms with Crippen LogP contribution in [0.1, 0.15) is 42.1 Å². The lowest BCUT2D eigenvalue weighted by Gasteiger charge is -2.15. The van der Waals surface area contributed by atoms with Crippen LogP contribution in [0, 0.1) is 5.92 Å². The third-order valence-electron chi connectivity index (χ3n) is 3.20. The van der Waals surface area contributed by atoms with E-state index in [9.17, 15) is 4.79 Å². The van der Waals surface area contributed by atoms with Gasteiger partial charge in [0.25, 0.3) is 0 Å². The molecule has 3 N–H and O–H groups in total. The summed E-state index contributed by atoms with van der Waals surface area (Å²) in [5.74, 6) is -0.390. The van der Waals surface area contributed by atoms with Gasteiger partial charge < -0.3 is 15.5 Å². The van der Waals surface area contributed by atoms with Crippen LogP contribution in [0.3, 0.4) is 0 Å². The first-order valence-electron chi connectivity index (χ1n) is 6.81. The summed E-state index contributed by atoms with van der Waals surface area (Å²) in [4.78, 5) is 10.7. The van der Waals surface area contributed by atoms with Crippen molar-refractivity contribution in [2.24, 2.45) is 5.92 Å². The number of hydrogen-bond acceptors (Lipinski definition) is 3. The molecule has 19 heavy (non-hydrogen) atoms. The fourth-order valence-electron chi connectivity index (χ4n) is 2.13. The largest absolute Gasteiger partial charge is 0.478 e. The Morgan fingerprint density at radius 2 is 1.95 bits per heavy atom. The minimum Gasteiger partial charge on any atom is -0.478 e. The summed E-state index contributed by atoms with van der Waals surface area (Å²) in [6.45, 7) is 4.00. The van der Waals surface area contributed by atoms with Crippen molar-refractivity contribution in [2.45, 2.75) is 32.7 Å². The van der Waals surface area contributed by atoms with Gasteiger partial charge in [-0.1, -0.05) is 25.5 Å². The minimum atomic E-state index is -0.898. The van der Waals surface area contributed by atoms with Crippen molar-refractivity contribution in [3.05, 3.63) is 35.4 Å². The molecule has 0 bridgehead atoms. The molecule has 4 nitrogen and oxygen atoms in total. The minimum absolute atomic E-state index is 0.236. The van der Waals surface area contributed by atoms with Gasteiger partial charge in [0, 0.05) is 13.2 Å². The maximum atomic E-state index is 10.7. The van der Waals surface area contributed by atoms with Gasteiger partial charge in [0.2, 0.25) is 0 Å². The van der Waals surface area contributed by atoms with Crippen LogP contribution in [0.4, 0.5) is 0 Å². The number of benzene rings is 1. The van der Waals surface area contributed by atoms with Crippen molar-refractivity contribution in [2.75, 3.05) is 13.2 Å². The summed E-state index contributed by atoms with van der Waals surface area (Å²) >= 11 is 0. The van der Waals surface area contributed by atoms with Crippen LogP contribution >= 0.6 is 0 Å². The number of aliphatic hydroxyl groups is 1. The van der Waals surface area contributed by atoms with Crippen LogP contribution in [-0.4, -0.2) is 29.3 Å². The Bertz CT molecular complexity index is 369. The van der Waals surface area contributed by atoms with Gasteiger partial charge in [0.15, 0.2) is 0 Å². The molecule has 106 valence electrons. The normalized spacial score (nSPS) is 12.3. The highest BCUT2D eigenvalue weighted by molar-refractivity contribution is 5.87. The Morgan fingerprint density at radius 3 is 2.47 bits per heavy atom. The summed E-state index contributed by atoms with van der Waals surface area (Å²) in [5.41, 5.74) is 1.39. The molecule has 0 fully saturated rings. The standard InChI is InChI=1S/C15H23NO3/c1-2-3-12(8-9-17)10-16-11-13-4-6-14(7-5-13)15(18)19/h4-7,12,16-17H,2-3,8-11H2,1H3,(H,18,19). The number of aromatic carboxylic acids is 1. The number of carboxylic acids is 1. The van der Waals surface area contributed by atoms with E-state index >= 15 is 0 Å². The molecule has 0 amide bonds. The Kier molecular flexibility index (Phi) is 7.15. The topological polar surface area (TPSA) is 69.6 Å². The zero-order chi connectivity index (χ0) is 14.1. The average Bonchev–Trinajstić information content (AvgIpc) is 2.40. The maximum absolute atomic E-state index is 10.7. The van der Waals surface area contributed by atoms with Gasteiger partial charge in [0.05, 0.1) is 5.56 Å². The Balaban J connectivity index is 2.37. The molecular formula is C15H23NO3. The van der Waals surface area contributed by atoms with Crippen molar-refractivity contribution in [1.29, 1.82) is 0 Å². The molecule has 1 aromatic carbocycles. The molecule has 0 aliphatic carbocycles. The second-order valence-electron chi connectivity index (χ2n) is 4.80. The average molecular weight is 265 g/mol. The lowest BCUT2D eigenvalue weighted by molar-refractivity contribution is 0.0697. The molecule has 1 aromatic rings. The molecule has 0 aromatic heterocycles. The molecule has 1 atom stereocenters. The molecule has 4 heteroatoms. The Morgan fingerprint density at radius 1 is 1.26 bits per heavy atom. The summed E-state index contributed by atoms with van der Waals surface area (Å²) < 4.78 is 0. The molecule has 0 saturated heterocycles. The quantitative estimate of drug-likeness (QED) is 0.640. The second kappa shape index (κ2) is 8.67. The number of hydrogen-bond donors (Lipinski definition) is 3. The molecule has 0 radical (unpaired) electrons. The van der Waals surface area contributed by atoms with Crippen molar-refractivity contribution in [3.8, 4) is 0 Å². The van der Waals surface area contributed by atoms with Crippen LogP contribution in [-0.2, 0) is 6.54 Å². The third kappa shape index (κ3) is 5.85. The fraction of sp³-hybridized carbons (Fsp3) is 0.533. The van der Waals surface area contributed by atoms with E-state index < -0.39 is 5.97 Å². The monoisotopic (exact) mass is 265 g/mol. The van der Waals surface area contributed by atoms with Gasteiger partial charge in [-0.05, 0) is 43.0 Å². The molecule has 0 aliphatic rings. The number of carboxylic acid groups (broad SMARTS) is 1. The predicted molar refractivity (Wildman–Crippen MR) is 75.2 cm³/mol. The van der Waals surface area contributed by atoms with Crippen molar-refractivity contribution < 1.29 is 15.0 Å². The van der Waals surface area contributed by atoms with Crippen molar-refractivity contribution in [3.63, 3.8) is 0 Å². The smallest absolute Gasteiger partial charge is 0.335 e. The first-order chi connectivity index (χ1) is 9.17. The first kappa shape index (κ1) is 15.7. The highest BCUT2D eigenvalue weighted by atomic mass is 16.4. The van der Waals surface area contributed by atoms with Crippen LogP contribution in [0.25, 0.3) is 0 Å². The molecule has 0 saturated carbocycles. The van der Waals surface area contributed by atoms with Crippen LogP contribution in [0.5, 0.6) is 0 Å². The van der Waals surface area contributed by atoms with Crippen LogP contribution in [0.15, 0.2) is 24.3 Å². The second-order valence-corrected chi connectivity index (χ2v) is 4.80. The van der Waals surface area contributed by atoms with Crippen LogP contribution < -0.4 is 5.32 Å². The highest BCUT2D eigenvalue weighted by Gasteiger charge is 2.07. The van der Waals surface area contributed by atoms with E-state index in [1.165, 1.54) is 0 Å². The molecule has 0 spiro atoms. The predicted octanol–water partition coefficient (Wildman–Crippen LogP) is 2.27. The Labute approximate surface area is 114 Å². The summed E-state index contributed by atoms with van der Waals surface area (Å²) in [6.07, 6.45) is 3.07. The maximum Gasteiger partial charge on any atom is 0.335 e.